The summed E-state index contributed by atoms with van der Waals surface area (Å²) in [5.74, 6) is -2.68. The van der Waals surface area contributed by atoms with E-state index < -0.39 is 23.0 Å². The van der Waals surface area contributed by atoms with Crippen molar-refractivity contribution in [3.63, 3.8) is 0 Å². The Morgan fingerprint density at radius 2 is 1.83 bits per heavy atom. The lowest BCUT2D eigenvalue weighted by molar-refractivity contribution is -0.154. The normalized spacial score (nSPS) is 20.3. The van der Waals surface area contributed by atoms with Crippen molar-refractivity contribution < 1.29 is 23.5 Å². The third-order valence-corrected chi connectivity index (χ3v) is 4.98. The number of halogens is 2. The Kier molecular flexibility index (Phi) is 4.08. The van der Waals surface area contributed by atoms with E-state index in [9.17, 15) is 23.5 Å². The van der Waals surface area contributed by atoms with Crippen LogP contribution >= 0.6 is 0 Å². The average Bonchev–Trinajstić information content (AvgIpc) is 3.33. The number of carbonyl (C=O) groups excluding carboxylic acids is 1. The molecule has 1 saturated heterocycles. The van der Waals surface area contributed by atoms with E-state index in [1.807, 2.05) is 0 Å². The maximum Gasteiger partial charge on any atom is 0.319 e. The van der Waals surface area contributed by atoms with Crippen LogP contribution in [0.25, 0.3) is 0 Å². The average molecular weight is 323 g/mol. The van der Waals surface area contributed by atoms with Gasteiger partial charge in [0.05, 0.1) is 0 Å². The molecule has 1 aliphatic heterocycles. The number of aliphatic carboxylic acids is 1. The van der Waals surface area contributed by atoms with Crippen LogP contribution in [0, 0.1) is 23.0 Å². The maximum absolute atomic E-state index is 13.2. The number of rotatable bonds is 4. The molecule has 0 radical (unpaired) electrons. The van der Waals surface area contributed by atoms with Crippen molar-refractivity contribution in [1.29, 1.82) is 0 Å². The fourth-order valence-electron chi connectivity index (χ4n) is 3.29. The summed E-state index contributed by atoms with van der Waals surface area (Å²) in [5.41, 5.74) is -0.426. The second-order valence-electron chi connectivity index (χ2n) is 6.58. The standard InChI is InChI=1S/C17H19F2NO3/c18-13-2-1-12(10-14(13)19)9-11-3-7-20(8-4-11)15(21)17(5-6-17)16(22)23/h1-2,10-11H,3-9H2,(H,22,23). The summed E-state index contributed by atoms with van der Waals surface area (Å²) in [4.78, 5) is 25.2. The minimum Gasteiger partial charge on any atom is -0.480 e. The fraction of sp³-hybridized carbons (Fsp3) is 0.529. The number of hydrogen-bond donors (Lipinski definition) is 1. The second-order valence-corrected chi connectivity index (χ2v) is 6.58. The Balaban J connectivity index is 1.55. The van der Waals surface area contributed by atoms with E-state index in [1.165, 1.54) is 6.07 Å². The number of benzene rings is 1. The Morgan fingerprint density at radius 1 is 1.17 bits per heavy atom. The third-order valence-electron chi connectivity index (χ3n) is 4.98. The van der Waals surface area contributed by atoms with Crippen LogP contribution in [0.3, 0.4) is 0 Å². The number of carboxylic acid groups (broad SMARTS) is 1. The van der Waals surface area contributed by atoms with E-state index in [4.69, 9.17) is 0 Å². The van der Waals surface area contributed by atoms with Crippen molar-refractivity contribution in [2.24, 2.45) is 11.3 Å². The lowest BCUT2D eigenvalue weighted by Gasteiger charge is -2.33. The number of nitrogens with zero attached hydrogens (tertiary/aromatic N) is 1. The van der Waals surface area contributed by atoms with Crippen molar-refractivity contribution in [3.05, 3.63) is 35.4 Å². The number of piperidine rings is 1. The first-order chi connectivity index (χ1) is 10.9. The van der Waals surface area contributed by atoms with Gasteiger partial charge in [0.2, 0.25) is 5.91 Å². The molecule has 0 atom stereocenters. The van der Waals surface area contributed by atoms with Gasteiger partial charge < -0.3 is 10.0 Å². The van der Waals surface area contributed by atoms with E-state index in [2.05, 4.69) is 0 Å². The molecule has 1 aromatic carbocycles. The molecule has 1 aromatic rings. The number of hydrogen-bond acceptors (Lipinski definition) is 2. The van der Waals surface area contributed by atoms with Gasteiger partial charge in [-0.15, -0.1) is 0 Å². The molecule has 1 N–H and O–H groups in total. The molecule has 0 spiro atoms. The van der Waals surface area contributed by atoms with Gasteiger partial charge in [-0.2, -0.15) is 0 Å². The van der Waals surface area contributed by atoms with Gasteiger partial charge in [-0.25, -0.2) is 8.78 Å². The largest absolute Gasteiger partial charge is 0.480 e. The monoisotopic (exact) mass is 323 g/mol. The molecule has 2 aliphatic rings. The SMILES string of the molecule is O=C(O)C1(C(=O)N2CCC(Cc3ccc(F)c(F)c3)CC2)CC1. The quantitative estimate of drug-likeness (QED) is 0.867. The number of likely N-dealkylation sites (tertiary alicyclic amines) is 1. The topological polar surface area (TPSA) is 57.6 Å². The molecule has 23 heavy (non-hydrogen) atoms. The van der Waals surface area contributed by atoms with Gasteiger partial charge in [0.1, 0.15) is 5.41 Å². The minimum absolute atomic E-state index is 0.267. The number of carboxylic acids is 1. The van der Waals surface area contributed by atoms with Crippen LogP contribution < -0.4 is 0 Å². The molecule has 124 valence electrons. The highest BCUT2D eigenvalue weighted by Crippen LogP contribution is 2.48. The van der Waals surface area contributed by atoms with E-state index in [0.29, 0.717) is 38.3 Å². The zero-order chi connectivity index (χ0) is 16.6. The van der Waals surface area contributed by atoms with Crippen LogP contribution in [0.15, 0.2) is 18.2 Å². The summed E-state index contributed by atoms with van der Waals surface area (Å²) < 4.78 is 26.2. The van der Waals surface area contributed by atoms with Crippen molar-refractivity contribution in [2.75, 3.05) is 13.1 Å². The number of carbonyl (C=O) groups is 2. The molecule has 6 heteroatoms. The number of amides is 1. The minimum atomic E-state index is -1.17. The third kappa shape index (κ3) is 3.07. The van der Waals surface area contributed by atoms with E-state index in [0.717, 1.165) is 24.5 Å². The van der Waals surface area contributed by atoms with Crippen molar-refractivity contribution in [1.82, 2.24) is 4.90 Å². The van der Waals surface area contributed by atoms with Crippen molar-refractivity contribution >= 4 is 11.9 Å². The Morgan fingerprint density at radius 3 is 2.35 bits per heavy atom. The zero-order valence-corrected chi connectivity index (χ0v) is 12.7. The molecular formula is C17H19F2NO3. The predicted molar refractivity (Wildman–Crippen MR) is 78.7 cm³/mol. The van der Waals surface area contributed by atoms with Gasteiger partial charge in [0, 0.05) is 13.1 Å². The van der Waals surface area contributed by atoms with Crippen LogP contribution in [0.5, 0.6) is 0 Å². The highest BCUT2D eigenvalue weighted by molar-refractivity contribution is 6.04. The smallest absolute Gasteiger partial charge is 0.319 e. The first-order valence-electron chi connectivity index (χ1n) is 7.89. The molecule has 1 heterocycles. The van der Waals surface area contributed by atoms with Crippen LogP contribution in [0.1, 0.15) is 31.2 Å². The molecule has 2 fully saturated rings. The molecule has 3 rings (SSSR count). The van der Waals surface area contributed by atoms with E-state index in [1.54, 1.807) is 11.0 Å². The van der Waals surface area contributed by atoms with Crippen molar-refractivity contribution in [2.45, 2.75) is 32.1 Å². The van der Waals surface area contributed by atoms with Gasteiger partial charge in [0.25, 0.3) is 0 Å². The van der Waals surface area contributed by atoms with Gasteiger partial charge >= 0.3 is 5.97 Å². The fourth-order valence-corrected chi connectivity index (χ4v) is 3.29. The molecule has 1 aliphatic carbocycles. The summed E-state index contributed by atoms with van der Waals surface area (Å²) in [6.07, 6.45) is 3.00. The van der Waals surface area contributed by atoms with Crippen molar-refractivity contribution in [3.8, 4) is 0 Å². The van der Waals surface area contributed by atoms with Crippen LogP contribution in [-0.2, 0) is 16.0 Å². The van der Waals surface area contributed by atoms with Gasteiger partial charge in [-0.05, 0) is 55.7 Å². The lowest BCUT2D eigenvalue weighted by Crippen LogP contribution is -2.45. The zero-order valence-electron chi connectivity index (χ0n) is 12.7. The molecular weight excluding hydrogens is 304 g/mol. The summed E-state index contributed by atoms with van der Waals surface area (Å²) in [5, 5.41) is 9.19. The molecule has 4 nitrogen and oxygen atoms in total. The summed E-state index contributed by atoms with van der Waals surface area (Å²) in [6, 6.07) is 3.93. The Hall–Kier alpha value is -1.98. The highest BCUT2D eigenvalue weighted by Gasteiger charge is 2.58. The summed E-state index contributed by atoms with van der Waals surface area (Å²) >= 11 is 0. The molecule has 0 aromatic heterocycles. The summed E-state index contributed by atoms with van der Waals surface area (Å²) in [7, 11) is 0. The van der Waals surface area contributed by atoms with Crippen LogP contribution in [0.2, 0.25) is 0 Å². The Bertz CT molecular complexity index is 635. The van der Waals surface area contributed by atoms with Gasteiger partial charge in [-0.1, -0.05) is 6.07 Å². The molecule has 0 bridgehead atoms. The maximum atomic E-state index is 13.2. The molecule has 1 saturated carbocycles. The predicted octanol–water partition coefficient (Wildman–Crippen LogP) is 2.61. The second kappa shape index (κ2) is 5.91. The first-order valence-corrected chi connectivity index (χ1v) is 7.89. The van der Waals surface area contributed by atoms with Crippen LogP contribution in [0.4, 0.5) is 8.78 Å². The van der Waals surface area contributed by atoms with E-state index >= 15 is 0 Å². The molecule has 1 amide bonds. The summed E-state index contributed by atoms with van der Waals surface area (Å²) in [6.45, 7) is 1.06. The molecule has 0 unspecified atom stereocenters. The first kappa shape index (κ1) is 15.9. The highest BCUT2D eigenvalue weighted by atomic mass is 19.2. The lowest BCUT2D eigenvalue weighted by atomic mass is 9.89. The van der Waals surface area contributed by atoms with E-state index in [-0.39, 0.29) is 5.91 Å². The van der Waals surface area contributed by atoms with Gasteiger partial charge in [-0.3, -0.25) is 9.59 Å². The Labute approximate surface area is 133 Å². The van der Waals surface area contributed by atoms with Crippen LogP contribution in [-0.4, -0.2) is 35.0 Å². The van der Waals surface area contributed by atoms with Gasteiger partial charge in [0.15, 0.2) is 11.6 Å².